The number of aromatic amines is 1. The second-order valence-electron chi connectivity index (χ2n) is 5.73. The number of hydrogen-bond acceptors (Lipinski definition) is 5. The van der Waals surface area contributed by atoms with Crippen LogP contribution in [0.1, 0.15) is 47.3 Å². The molecule has 1 aromatic heterocycles. The van der Waals surface area contributed by atoms with Crippen molar-refractivity contribution < 1.29 is 24.1 Å². The molecule has 0 saturated carbocycles. The number of ether oxygens (including phenoxy) is 3. The lowest BCUT2D eigenvalue weighted by Crippen LogP contribution is -2.13. The molecule has 6 heteroatoms. The van der Waals surface area contributed by atoms with Gasteiger partial charge in [-0.2, -0.15) is 0 Å². The fraction of sp³-hybridized carbons (Fsp3) is 0.421. The van der Waals surface area contributed by atoms with Gasteiger partial charge in [-0.1, -0.05) is 0 Å². The molecule has 136 valence electrons. The van der Waals surface area contributed by atoms with Crippen molar-refractivity contribution in [3.05, 3.63) is 46.8 Å². The van der Waals surface area contributed by atoms with E-state index in [1.165, 1.54) is 0 Å². The number of carbonyl (C=O) groups excluding carboxylic acids is 1. The minimum atomic E-state index is -0.638. The number of aryl methyl sites for hydroxylation is 1. The molecule has 2 rings (SSSR count). The SMILES string of the molecule is CCOc1ccc(OCCOC(=O)c2[nH]c(C)c([C@@H](C)O)c2C)cc1. The second kappa shape index (κ2) is 8.58. The van der Waals surface area contributed by atoms with Gasteiger partial charge in [-0.3, -0.25) is 0 Å². The maximum Gasteiger partial charge on any atom is 0.355 e. The molecule has 0 unspecified atom stereocenters. The van der Waals surface area contributed by atoms with Crippen LogP contribution in [0.5, 0.6) is 11.5 Å². The Morgan fingerprint density at radius 3 is 2.24 bits per heavy atom. The van der Waals surface area contributed by atoms with Crippen molar-refractivity contribution in [2.24, 2.45) is 0 Å². The molecule has 2 aromatic rings. The summed E-state index contributed by atoms with van der Waals surface area (Å²) in [4.78, 5) is 15.2. The fourth-order valence-electron chi connectivity index (χ4n) is 2.76. The molecule has 6 nitrogen and oxygen atoms in total. The lowest BCUT2D eigenvalue weighted by molar-refractivity contribution is 0.0443. The van der Waals surface area contributed by atoms with Gasteiger partial charge in [-0.15, -0.1) is 0 Å². The molecule has 0 saturated heterocycles. The van der Waals surface area contributed by atoms with Gasteiger partial charge in [0.1, 0.15) is 30.4 Å². The summed E-state index contributed by atoms with van der Waals surface area (Å²) >= 11 is 0. The number of aliphatic hydroxyl groups is 1. The third-order valence-corrected chi connectivity index (χ3v) is 3.84. The standard InChI is InChI=1S/C19H25NO5/c1-5-23-15-6-8-16(9-7-15)24-10-11-25-19(22)18-12(2)17(14(4)21)13(3)20-18/h6-9,14,20-21H,5,10-11H2,1-4H3/t14-/m1/s1. The summed E-state index contributed by atoms with van der Waals surface area (Å²) < 4.78 is 16.1. The quantitative estimate of drug-likeness (QED) is 0.565. The van der Waals surface area contributed by atoms with E-state index in [1.807, 2.05) is 26.0 Å². The molecule has 1 heterocycles. The van der Waals surface area contributed by atoms with Crippen LogP contribution in [-0.2, 0) is 4.74 Å². The maximum absolute atomic E-state index is 12.2. The smallest absolute Gasteiger partial charge is 0.355 e. The zero-order chi connectivity index (χ0) is 18.4. The van der Waals surface area contributed by atoms with Crippen LogP contribution in [0.3, 0.4) is 0 Å². The average molecular weight is 347 g/mol. The average Bonchev–Trinajstić information content (AvgIpc) is 2.88. The van der Waals surface area contributed by atoms with Crippen LogP contribution in [-0.4, -0.2) is 35.9 Å². The number of nitrogens with one attached hydrogen (secondary N) is 1. The van der Waals surface area contributed by atoms with Crippen molar-refractivity contribution in [2.75, 3.05) is 19.8 Å². The Kier molecular flexibility index (Phi) is 6.47. The summed E-state index contributed by atoms with van der Waals surface area (Å²) in [6.07, 6.45) is -0.638. The van der Waals surface area contributed by atoms with Crippen LogP contribution in [0.2, 0.25) is 0 Å². The van der Waals surface area contributed by atoms with E-state index >= 15 is 0 Å². The highest BCUT2D eigenvalue weighted by molar-refractivity contribution is 5.89. The summed E-state index contributed by atoms with van der Waals surface area (Å²) in [5, 5.41) is 9.77. The van der Waals surface area contributed by atoms with E-state index in [4.69, 9.17) is 14.2 Å². The molecule has 0 aliphatic carbocycles. The van der Waals surface area contributed by atoms with E-state index in [0.717, 1.165) is 17.0 Å². The molecule has 1 aromatic carbocycles. The first kappa shape index (κ1) is 18.9. The fourth-order valence-corrected chi connectivity index (χ4v) is 2.76. The molecular formula is C19H25NO5. The predicted octanol–water partition coefficient (Wildman–Crippen LogP) is 3.32. The summed E-state index contributed by atoms with van der Waals surface area (Å²) in [7, 11) is 0. The van der Waals surface area contributed by atoms with Gasteiger partial charge in [-0.05, 0) is 57.5 Å². The molecule has 25 heavy (non-hydrogen) atoms. The van der Waals surface area contributed by atoms with Gasteiger partial charge < -0.3 is 24.3 Å². The summed E-state index contributed by atoms with van der Waals surface area (Å²) in [5.74, 6) is 1.01. The number of rotatable bonds is 8. The van der Waals surface area contributed by atoms with Crippen molar-refractivity contribution >= 4 is 5.97 Å². The minimum Gasteiger partial charge on any atom is -0.494 e. The minimum absolute atomic E-state index is 0.133. The number of benzene rings is 1. The zero-order valence-electron chi connectivity index (χ0n) is 15.1. The molecule has 0 amide bonds. The van der Waals surface area contributed by atoms with Crippen molar-refractivity contribution in [3.63, 3.8) is 0 Å². The highest BCUT2D eigenvalue weighted by atomic mass is 16.6. The predicted molar refractivity (Wildman–Crippen MR) is 94.3 cm³/mol. The number of esters is 1. The maximum atomic E-state index is 12.2. The number of aromatic nitrogens is 1. The van der Waals surface area contributed by atoms with E-state index in [2.05, 4.69) is 4.98 Å². The summed E-state index contributed by atoms with van der Waals surface area (Å²) in [6, 6.07) is 7.27. The van der Waals surface area contributed by atoms with E-state index < -0.39 is 12.1 Å². The zero-order valence-corrected chi connectivity index (χ0v) is 15.1. The van der Waals surface area contributed by atoms with Crippen LogP contribution in [0.4, 0.5) is 0 Å². The Morgan fingerprint density at radius 2 is 1.72 bits per heavy atom. The number of hydrogen-bond donors (Lipinski definition) is 2. The number of H-pyrrole nitrogens is 1. The molecule has 0 aliphatic heterocycles. The Labute approximate surface area is 147 Å². The van der Waals surface area contributed by atoms with Gasteiger partial charge in [0, 0.05) is 11.3 Å². The van der Waals surface area contributed by atoms with Crippen LogP contribution in [0, 0.1) is 13.8 Å². The van der Waals surface area contributed by atoms with E-state index in [9.17, 15) is 9.90 Å². The molecule has 0 fully saturated rings. The number of aliphatic hydroxyl groups excluding tert-OH is 1. The lowest BCUT2D eigenvalue weighted by atomic mass is 10.1. The molecular weight excluding hydrogens is 322 g/mol. The van der Waals surface area contributed by atoms with Crippen molar-refractivity contribution in [3.8, 4) is 11.5 Å². The Balaban J connectivity index is 1.84. The molecule has 0 spiro atoms. The van der Waals surface area contributed by atoms with Gasteiger partial charge in [0.15, 0.2) is 0 Å². The Bertz CT molecular complexity index is 703. The van der Waals surface area contributed by atoms with Gasteiger partial charge in [0.25, 0.3) is 0 Å². The van der Waals surface area contributed by atoms with Gasteiger partial charge in [0.2, 0.25) is 0 Å². The number of carbonyl (C=O) groups is 1. The van der Waals surface area contributed by atoms with E-state index in [-0.39, 0.29) is 13.2 Å². The van der Waals surface area contributed by atoms with Crippen LogP contribution < -0.4 is 9.47 Å². The van der Waals surface area contributed by atoms with Crippen molar-refractivity contribution in [2.45, 2.75) is 33.8 Å². The van der Waals surface area contributed by atoms with Crippen LogP contribution in [0.25, 0.3) is 0 Å². The highest BCUT2D eigenvalue weighted by Crippen LogP contribution is 2.24. The summed E-state index contributed by atoms with van der Waals surface area (Å²) in [5.41, 5.74) is 2.59. The summed E-state index contributed by atoms with van der Waals surface area (Å²) in [6.45, 7) is 8.21. The first-order valence-electron chi connectivity index (χ1n) is 8.34. The molecule has 0 radical (unpaired) electrons. The second-order valence-corrected chi connectivity index (χ2v) is 5.73. The van der Waals surface area contributed by atoms with E-state index in [1.54, 1.807) is 26.0 Å². The lowest BCUT2D eigenvalue weighted by Gasteiger charge is -2.09. The van der Waals surface area contributed by atoms with Gasteiger partial charge >= 0.3 is 5.97 Å². The topological polar surface area (TPSA) is 80.8 Å². The first-order chi connectivity index (χ1) is 11.9. The Morgan fingerprint density at radius 1 is 1.12 bits per heavy atom. The largest absolute Gasteiger partial charge is 0.494 e. The third-order valence-electron chi connectivity index (χ3n) is 3.84. The normalized spacial score (nSPS) is 11.9. The molecule has 0 aliphatic rings. The third kappa shape index (κ3) is 4.76. The van der Waals surface area contributed by atoms with Gasteiger partial charge in [-0.25, -0.2) is 4.79 Å². The highest BCUT2D eigenvalue weighted by Gasteiger charge is 2.20. The first-order valence-corrected chi connectivity index (χ1v) is 8.34. The molecule has 0 bridgehead atoms. The molecule has 2 N–H and O–H groups in total. The van der Waals surface area contributed by atoms with Crippen LogP contribution >= 0.6 is 0 Å². The van der Waals surface area contributed by atoms with Crippen molar-refractivity contribution in [1.82, 2.24) is 4.98 Å². The van der Waals surface area contributed by atoms with E-state index in [0.29, 0.717) is 23.6 Å². The van der Waals surface area contributed by atoms with Crippen LogP contribution in [0.15, 0.2) is 24.3 Å². The van der Waals surface area contributed by atoms with Gasteiger partial charge in [0.05, 0.1) is 12.7 Å². The molecule has 1 atom stereocenters. The van der Waals surface area contributed by atoms with Crippen molar-refractivity contribution in [1.29, 1.82) is 0 Å². The monoisotopic (exact) mass is 347 g/mol. The Hall–Kier alpha value is -2.47.